The van der Waals surface area contributed by atoms with Crippen molar-refractivity contribution in [1.29, 1.82) is 5.41 Å². The zero-order chi connectivity index (χ0) is 22.3. The van der Waals surface area contributed by atoms with Gasteiger partial charge in [0.25, 0.3) is 0 Å². The summed E-state index contributed by atoms with van der Waals surface area (Å²) in [4.78, 5) is 34.5. The lowest BCUT2D eigenvalue weighted by molar-refractivity contribution is -0.139. The number of nitrogens with one attached hydrogen (secondary N) is 3. The van der Waals surface area contributed by atoms with E-state index < -0.39 is 23.9 Å². The number of amides is 1. The van der Waals surface area contributed by atoms with E-state index in [0.717, 1.165) is 0 Å². The molecule has 166 valence electrons. The van der Waals surface area contributed by atoms with E-state index >= 15 is 0 Å². The van der Waals surface area contributed by atoms with Gasteiger partial charge >= 0.3 is 11.9 Å². The van der Waals surface area contributed by atoms with E-state index in [0.29, 0.717) is 22.6 Å². The van der Waals surface area contributed by atoms with Crippen molar-refractivity contribution in [2.75, 3.05) is 17.7 Å². The summed E-state index contributed by atoms with van der Waals surface area (Å²) in [6.07, 6.45) is -0.560. The molecule has 1 amide bonds. The van der Waals surface area contributed by atoms with Crippen LogP contribution in [0.1, 0.15) is 30.0 Å². The van der Waals surface area contributed by atoms with Gasteiger partial charge in [0.05, 0.1) is 19.2 Å². The molecule has 0 bridgehead atoms. The van der Waals surface area contributed by atoms with Crippen molar-refractivity contribution < 1.29 is 29.3 Å². The fraction of sp³-hybridized carbons (Fsp3) is 0.200. The largest absolute Gasteiger partial charge is 0.495 e. The highest BCUT2D eigenvalue weighted by Crippen LogP contribution is 2.30. The monoisotopic (exact) mass is 450 g/mol. The van der Waals surface area contributed by atoms with Gasteiger partial charge < -0.3 is 31.3 Å². The van der Waals surface area contributed by atoms with Gasteiger partial charge in [-0.1, -0.05) is 6.07 Å². The molecule has 0 saturated heterocycles. The molecule has 0 fully saturated rings. The Hall–Kier alpha value is -3.79. The summed E-state index contributed by atoms with van der Waals surface area (Å²) in [6, 6.07) is 9.74. The molecule has 0 aliphatic heterocycles. The first-order valence-corrected chi connectivity index (χ1v) is 8.84. The molecule has 2 aromatic rings. The van der Waals surface area contributed by atoms with Crippen LogP contribution in [0, 0.1) is 5.41 Å². The number of benzene rings is 2. The van der Waals surface area contributed by atoms with E-state index in [2.05, 4.69) is 10.6 Å². The van der Waals surface area contributed by atoms with E-state index in [9.17, 15) is 19.5 Å². The lowest BCUT2D eigenvalue weighted by atomic mass is 10.0. The molecule has 11 heteroatoms. The number of methoxy groups -OCH3 is 1. The van der Waals surface area contributed by atoms with E-state index in [-0.39, 0.29) is 36.8 Å². The number of carboxylic acids is 2. The van der Waals surface area contributed by atoms with Gasteiger partial charge in [-0.15, -0.1) is 12.4 Å². The minimum absolute atomic E-state index is 0. The molecule has 0 aromatic heterocycles. The van der Waals surface area contributed by atoms with Gasteiger partial charge in [-0.05, 0) is 42.0 Å². The molecular weight excluding hydrogens is 428 g/mol. The zero-order valence-electron chi connectivity index (χ0n) is 16.5. The number of hydrogen-bond acceptors (Lipinski definition) is 6. The number of carbonyl (C=O) groups excluding carboxylic acids is 1. The summed E-state index contributed by atoms with van der Waals surface area (Å²) in [6.45, 7) is 0. The van der Waals surface area contributed by atoms with Crippen LogP contribution in [0.2, 0.25) is 0 Å². The number of carboxylic acid groups (broad SMARTS) is 2. The first kappa shape index (κ1) is 25.2. The summed E-state index contributed by atoms with van der Waals surface area (Å²) < 4.78 is 5.19. The minimum Gasteiger partial charge on any atom is -0.495 e. The Bertz CT molecular complexity index is 965. The summed E-state index contributed by atoms with van der Waals surface area (Å²) in [5, 5.41) is 31.2. The van der Waals surface area contributed by atoms with E-state index in [4.69, 9.17) is 21.0 Å². The zero-order valence-corrected chi connectivity index (χ0v) is 17.4. The van der Waals surface area contributed by atoms with Crippen molar-refractivity contribution in [3.05, 3.63) is 53.6 Å². The number of halogens is 1. The summed E-state index contributed by atoms with van der Waals surface area (Å²) in [7, 11) is 1.39. The quantitative estimate of drug-likeness (QED) is 0.236. The molecule has 0 radical (unpaired) electrons. The minimum atomic E-state index is -1.15. The highest BCUT2D eigenvalue weighted by molar-refractivity contribution is 5.95. The number of amidine groups is 1. The van der Waals surface area contributed by atoms with Crippen LogP contribution in [0.15, 0.2) is 42.5 Å². The molecule has 0 heterocycles. The number of nitrogen functional groups attached to an aromatic ring is 1. The maximum Gasteiger partial charge on any atom is 0.330 e. The highest BCUT2D eigenvalue weighted by atomic mass is 35.5. The first-order valence-electron chi connectivity index (χ1n) is 8.84. The molecule has 0 spiro atoms. The number of anilines is 2. The molecule has 0 saturated carbocycles. The van der Waals surface area contributed by atoms with Crippen molar-refractivity contribution in [3.63, 3.8) is 0 Å². The Kier molecular flexibility index (Phi) is 9.29. The summed E-state index contributed by atoms with van der Waals surface area (Å²) >= 11 is 0. The van der Waals surface area contributed by atoms with E-state index in [1.165, 1.54) is 19.2 Å². The standard InChI is InChI=1S/C20H22N4O6.ClH/c1-30-15-7-4-12(10-14(15)24-16(25)8-9-17(26)27)18(20(28)29)23-13-5-2-11(3-6-13)19(21)22;/h2-7,10,18,23H,8-9H2,1H3,(H3,21,22)(H,24,25)(H,26,27)(H,28,29);1H. The average Bonchev–Trinajstić information content (AvgIpc) is 2.70. The highest BCUT2D eigenvalue weighted by Gasteiger charge is 2.22. The van der Waals surface area contributed by atoms with Crippen LogP contribution in [0.25, 0.3) is 0 Å². The van der Waals surface area contributed by atoms with Gasteiger partial charge in [-0.2, -0.15) is 0 Å². The number of nitrogens with two attached hydrogens (primary N) is 1. The molecule has 1 atom stereocenters. The second-order valence-corrected chi connectivity index (χ2v) is 6.31. The van der Waals surface area contributed by atoms with E-state index in [1.54, 1.807) is 30.3 Å². The maximum atomic E-state index is 12.0. The van der Waals surface area contributed by atoms with Crippen molar-refractivity contribution in [1.82, 2.24) is 0 Å². The van der Waals surface area contributed by atoms with Gasteiger partial charge in [0.15, 0.2) is 6.04 Å². The van der Waals surface area contributed by atoms with Crippen LogP contribution in [0.4, 0.5) is 11.4 Å². The fourth-order valence-electron chi connectivity index (χ4n) is 2.64. The number of carbonyl (C=O) groups is 3. The molecular formula is C20H23ClN4O6. The number of ether oxygens (including phenoxy) is 1. The Morgan fingerprint density at radius 3 is 2.26 bits per heavy atom. The Morgan fingerprint density at radius 2 is 1.74 bits per heavy atom. The second-order valence-electron chi connectivity index (χ2n) is 6.31. The van der Waals surface area contributed by atoms with Gasteiger partial charge in [0.2, 0.25) is 5.91 Å². The number of aliphatic carboxylic acids is 2. The lowest BCUT2D eigenvalue weighted by Crippen LogP contribution is -2.21. The predicted molar refractivity (Wildman–Crippen MR) is 117 cm³/mol. The molecule has 2 rings (SSSR count). The van der Waals surface area contributed by atoms with Crippen molar-refractivity contribution in [3.8, 4) is 5.75 Å². The van der Waals surface area contributed by atoms with Crippen LogP contribution < -0.4 is 21.1 Å². The molecule has 7 N–H and O–H groups in total. The normalized spacial score (nSPS) is 10.9. The Balaban J connectivity index is 0.00000480. The third-order valence-electron chi connectivity index (χ3n) is 4.15. The molecule has 0 aliphatic rings. The number of rotatable bonds is 10. The smallest absolute Gasteiger partial charge is 0.330 e. The fourth-order valence-corrected chi connectivity index (χ4v) is 2.64. The molecule has 10 nitrogen and oxygen atoms in total. The molecule has 2 aromatic carbocycles. The number of hydrogen-bond donors (Lipinski definition) is 6. The topological polar surface area (TPSA) is 175 Å². The van der Waals surface area contributed by atoms with Crippen LogP contribution >= 0.6 is 12.4 Å². The third kappa shape index (κ3) is 7.19. The van der Waals surface area contributed by atoms with Gasteiger partial charge in [-0.25, -0.2) is 4.79 Å². The van der Waals surface area contributed by atoms with Crippen LogP contribution in [0.5, 0.6) is 5.75 Å². The molecule has 1 unspecified atom stereocenters. The Morgan fingerprint density at radius 1 is 1.10 bits per heavy atom. The summed E-state index contributed by atoms with van der Waals surface area (Å²) in [5.74, 6) is -2.59. The average molecular weight is 451 g/mol. The lowest BCUT2D eigenvalue weighted by Gasteiger charge is -2.19. The predicted octanol–water partition coefficient (Wildman–Crippen LogP) is 2.44. The van der Waals surface area contributed by atoms with Crippen molar-refractivity contribution in [2.24, 2.45) is 5.73 Å². The van der Waals surface area contributed by atoms with Crippen molar-refractivity contribution >= 4 is 47.5 Å². The maximum absolute atomic E-state index is 12.0. The van der Waals surface area contributed by atoms with Gasteiger partial charge in [0, 0.05) is 17.7 Å². The van der Waals surface area contributed by atoms with Crippen LogP contribution in [0.3, 0.4) is 0 Å². The second kappa shape index (κ2) is 11.4. The molecule has 0 aliphatic carbocycles. The van der Waals surface area contributed by atoms with Crippen molar-refractivity contribution in [2.45, 2.75) is 18.9 Å². The molecule has 31 heavy (non-hydrogen) atoms. The Labute approximate surface area is 184 Å². The van der Waals surface area contributed by atoms with Crippen LogP contribution in [-0.2, 0) is 14.4 Å². The SMILES string of the molecule is COc1ccc(C(Nc2ccc(C(=N)N)cc2)C(=O)O)cc1NC(=O)CCC(=O)O.Cl. The van der Waals surface area contributed by atoms with Gasteiger partial charge in [0.1, 0.15) is 11.6 Å². The third-order valence-corrected chi connectivity index (χ3v) is 4.15. The first-order chi connectivity index (χ1) is 14.2. The summed E-state index contributed by atoms with van der Waals surface area (Å²) in [5.41, 5.74) is 6.98. The van der Waals surface area contributed by atoms with Gasteiger partial charge in [-0.3, -0.25) is 15.0 Å². The van der Waals surface area contributed by atoms with Crippen LogP contribution in [-0.4, -0.2) is 41.0 Å². The van der Waals surface area contributed by atoms with E-state index in [1.807, 2.05) is 0 Å².